The summed E-state index contributed by atoms with van der Waals surface area (Å²) in [5.74, 6) is 0. The monoisotopic (exact) mass is 132 g/mol. The van der Waals surface area contributed by atoms with Gasteiger partial charge in [-0.3, -0.25) is 0 Å². The Morgan fingerprint density at radius 1 is 0.800 bits per heavy atom. The summed E-state index contributed by atoms with van der Waals surface area (Å²) in [6.45, 7) is 4.09. The lowest BCUT2D eigenvalue weighted by atomic mass is 10.1. The molecule has 0 radical (unpaired) electrons. The van der Waals surface area contributed by atoms with Gasteiger partial charge in [0.1, 0.15) is 0 Å². The minimum Gasteiger partial charge on any atom is -0.220 e. The van der Waals surface area contributed by atoms with Crippen LogP contribution in [0.15, 0.2) is 24.3 Å². The fraction of sp³-hybridized carbons (Fsp3) is 0.200. The molecule has 0 nitrogen and oxygen atoms in total. The zero-order valence-corrected chi connectivity index (χ0v) is 6.46. The number of benzene rings is 1. The van der Waals surface area contributed by atoms with E-state index in [4.69, 9.17) is 0 Å². The first-order chi connectivity index (χ1) is 4.86. The molecule has 0 aliphatic rings. The van der Waals surface area contributed by atoms with E-state index < -0.39 is 0 Å². The molecule has 54 valence electrons. The third-order valence-electron chi connectivity index (χ3n) is 1.60. The van der Waals surface area contributed by atoms with Crippen LogP contribution in [0.2, 0.25) is 0 Å². The highest BCUT2D eigenvalue weighted by atomic mass is 13.9. The van der Waals surface area contributed by atoms with Gasteiger partial charge in [0, 0.05) is 0 Å². The highest BCUT2D eigenvalue weighted by molar-refractivity contribution is 5.29. The molecule has 0 atom stereocenters. The molecule has 0 saturated heterocycles. The standard InChI is InChI=1S/C10H12/c1-3-9-5-7-10(4-2)8-6-9/h3-8H,1-2H3/q-2. The molecule has 0 fully saturated rings. The molecule has 0 amide bonds. The highest BCUT2D eigenvalue weighted by Crippen LogP contribution is 2.06. The van der Waals surface area contributed by atoms with Gasteiger partial charge in [0.2, 0.25) is 0 Å². The Morgan fingerprint density at radius 3 is 1.30 bits per heavy atom. The molecule has 0 aliphatic heterocycles. The SMILES string of the molecule is C[CH-]c1ccc([CH-]C)cc1. The second-order valence-corrected chi connectivity index (χ2v) is 2.24. The van der Waals surface area contributed by atoms with Gasteiger partial charge < -0.3 is 0 Å². The highest BCUT2D eigenvalue weighted by Gasteiger charge is 1.72. The Balaban J connectivity index is 2.80. The van der Waals surface area contributed by atoms with E-state index in [-0.39, 0.29) is 0 Å². The fourth-order valence-corrected chi connectivity index (χ4v) is 0.881. The number of rotatable bonds is 2. The topological polar surface area (TPSA) is 0 Å². The van der Waals surface area contributed by atoms with Crippen LogP contribution in [-0.2, 0) is 0 Å². The zero-order chi connectivity index (χ0) is 7.40. The van der Waals surface area contributed by atoms with E-state index in [0.29, 0.717) is 0 Å². The van der Waals surface area contributed by atoms with Crippen LogP contribution in [0.4, 0.5) is 0 Å². The van der Waals surface area contributed by atoms with E-state index in [2.05, 4.69) is 37.1 Å². The van der Waals surface area contributed by atoms with E-state index in [1.165, 1.54) is 11.1 Å². The van der Waals surface area contributed by atoms with Gasteiger partial charge >= 0.3 is 0 Å². The van der Waals surface area contributed by atoms with Crippen molar-refractivity contribution in [1.29, 1.82) is 0 Å². The largest absolute Gasteiger partial charge is 0.220 e. The Bertz CT molecular complexity index is 161. The van der Waals surface area contributed by atoms with Crippen LogP contribution in [0, 0.1) is 12.8 Å². The molecule has 0 unspecified atom stereocenters. The lowest BCUT2D eigenvalue weighted by Gasteiger charge is -2.13. The first-order valence-corrected chi connectivity index (χ1v) is 3.55. The van der Waals surface area contributed by atoms with Crippen LogP contribution < -0.4 is 0 Å². The van der Waals surface area contributed by atoms with Crippen molar-refractivity contribution in [2.24, 2.45) is 0 Å². The van der Waals surface area contributed by atoms with Gasteiger partial charge in [0.25, 0.3) is 0 Å². The van der Waals surface area contributed by atoms with Crippen molar-refractivity contribution in [3.05, 3.63) is 48.2 Å². The van der Waals surface area contributed by atoms with Gasteiger partial charge in [-0.25, -0.2) is 35.4 Å². The Labute approximate surface area is 62.9 Å². The van der Waals surface area contributed by atoms with Gasteiger partial charge in [0.15, 0.2) is 0 Å². The molecule has 0 heterocycles. The predicted octanol–water partition coefficient (Wildman–Crippen LogP) is 2.83. The maximum atomic E-state index is 2.12. The second-order valence-electron chi connectivity index (χ2n) is 2.24. The predicted molar refractivity (Wildman–Crippen MR) is 44.6 cm³/mol. The Kier molecular flexibility index (Phi) is 2.27. The lowest BCUT2D eigenvalue weighted by Crippen LogP contribution is -1.79. The molecule has 0 aromatic heterocycles. The lowest BCUT2D eigenvalue weighted by molar-refractivity contribution is 1.37. The summed E-state index contributed by atoms with van der Waals surface area (Å²) in [7, 11) is 0. The van der Waals surface area contributed by atoms with E-state index in [0.717, 1.165) is 0 Å². The van der Waals surface area contributed by atoms with Crippen LogP contribution in [0.25, 0.3) is 0 Å². The normalized spacial score (nSPS) is 9.00. The van der Waals surface area contributed by atoms with Crippen LogP contribution in [0.5, 0.6) is 0 Å². The summed E-state index contributed by atoms with van der Waals surface area (Å²) in [5.41, 5.74) is 2.57. The molecule has 0 bridgehead atoms. The summed E-state index contributed by atoms with van der Waals surface area (Å²) >= 11 is 0. The van der Waals surface area contributed by atoms with Gasteiger partial charge in [-0.1, -0.05) is 13.8 Å². The summed E-state index contributed by atoms with van der Waals surface area (Å²) in [6.07, 6.45) is 4.19. The molecular formula is C10H12-2. The quantitative estimate of drug-likeness (QED) is 0.543. The summed E-state index contributed by atoms with van der Waals surface area (Å²) in [6, 6.07) is 8.48. The molecule has 0 saturated carbocycles. The summed E-state index contributed by atoms with van der Waals surface area (Å²) in [4.78, 5) is 0. The van der Waals surface area contributed by atoms with Crippen LogP contribution in [-0.4, -0.2) is 0 Å². The number of hydrogen-bond donors (Lipinski definition) is 0. The molecule has 10 heavy (non-hydrogen) atoms. The van der Waals surface area contributed by atoms with Crippen molar-refractivity contribution in [3.63, 3.8) is 0 Å². The van der Waals surface area contributed by atoms with E-state index in [9.17, 15) is 0 Å². The molecule has 1 aromatic rings. The molecule has 0 aliphatic carbocycles. The third kappa shape index (κ3) is 1.47. The number of hydrogen-bond acceptors (Lipinski definition) is 0. The molecule has 1 rings (SSSR count). The van der Waals surface area contributed by atoms with Crippen molar-refractivity contribution in [3.8, 4) is 0 Å². The van der Waals surface area contributed by atoms with Crippen molar-refractivity contribution in [1.82, 2.24) is 0 Å². The third-order valence-corrected chi connectivity index (χ3v) is 1.60. The summed E-state index contributed by atoms with van der Waals surface area (Å²) < 4.78 is 0. The maximum Gasteiger partial charge on any atom is -0.0920 e. The second kappa shape index (κ2) is 3.21. The van der Waals surface area contributed by atoms with Crippen molar-refractivity contribution in [2.45, 2.75) is 13.8 Å². The van der Waals surface area contributed by atoms with Crippen LogP contribution in [0.3, 0.4) is 0 Å². The average molecular weight is 132 g/mol. The van der Waals surface area contributed by atoms with Gasteiger partial charge in [-0.15, -0.1) is 0 Å². The molecule has 0 spiro atoms. The fourth-order valence-electron chi connectivity index (χ4n) is 0.881. The van der Waals surface area contributed by atoms with Gasteiger partial charge in [-0.2, -0.15) is 12.8 Å². The molecule has 0 N–H and O–H groups in total. The Morgan fingerprint density at radius 2 is 1.10 bits per heavy atom. The van der Waals surface area contributed by atoms with E-state index in [1.807, 2.05) is 13.8 Å². The molecule has 1 aromatic carbocycles. The smallest absolute Gasteiger partial charge is 0.0920 e. The minimum absolute atomic E-state index is 1.28. The average Bonchev–Trinajstić information content (AvgIpc) is 2.05. The van der Waals surface area contributed by atoms with E-state index in [1.54, 1.807) is 0 Å². The minimum atomic E-state index is 1.28. The first-order valence-electron chi connectivity index (χ1n) is 3.55. The van der Waals surface area contributed by atoms with Crippen LogP contribution >= 0.6 is 0 Å². The first kappa shape index (κ1) is 7.07. The van der Waals surface area contributed by atoms with Crippen molar-refractivity contribution in [2.75, 3.05) is 0 Å². The van der Waals surface area contributed by atoms with Crippen molar-refractivity contribution < 1.29 is 0 Å². The maximum absolute atomic E-state index is 2.12. The summed E-state index contributed by atoms with van der Waals surface area (Å²) in [5, 5.41) is 0. The molecule has 0 heteroatoms. The Hall–Kier alpha value is -1.04. The molecular weight excluding hydrogens is 120 g/mol. The zero-order valence-electron chi connectivity index (χ0n) is 6.46. The van der Waals surface area contributed by atoms with Crippen molar-refractivity contribution >= 4 is 0 Å². The van der Waals surface area contributed by atoms with Gasteiger partial charge in [-0.05, 0) is 0 Å². The van der Waals surface area contributed by atoms with Gasteiger partial charge in [0.05, 0.1) is 0 Å². The van der Waals surface area contributed by atoms with E-state index >= 15 is 0 Å². The van der Waals surface area contributed by atoms with Crippen LogP contribution in [0.1, 0.15) is 25.0 Å².